The molecule has 0 bridgehead atoms. The molecule has 1 amide bonds. The lowest BCUT2D eigenvalue weighted by Crippen LogP contribution is -3.06. The highest BCUT2D eigenvalue weighted by Gasteiger charge is 2.18. The summed E-state index contributed by atoms with van der Waals surface area (Å²) >= 11 is 1.63. The van der Waals surface area contributed by atoms with Crippen molar-refractivity contribution >= 4 is 23.5 Å². The number of anilines is 1. The first kappa shape index (κ1) is 21.6. The molecule has 2 aromatic rings. The maximum atomic E-state index is 12.4. The van der Waals surface area contributed by atoms with Crippen LogP contribution in [0.15, 0.2) is 29.4 Å². The Balaban J connectivity index is 1.65. The second-order valence-corrected chi connectivity index (χ2v) is 8.88. The first-order valence-corrected chi connectivity index (χ1v) is 11.3. The zero-order valence-corrected chi connectivity index (χ0v) is 18.7. The van der Waals surface area contributed by atoms with Gasteiger partial charge in [0, 0.05) is 35.7 Å². The summed E-state index contributed by atoms with van der Waals surface area (Å²) in [5.41, 5.74) is 4.02. The van der Waals surface area contributed by atoms with Crippen molar-refractivity contribution in [1.29, 1.82) is 0 Å². The average Bonchev–Trinajstić information content (AvgIpc) is 3.23. The van der Waals surface area contributed by atoms with Gasteiger partial charge < -0.3 is 15.1 Å². The van der Waals surface area contributed by atoms with Crippen LogP contribution in [0.4, 0.5) is 5.82 Å². The summed E-state index contributed by atoms with van der Waals surface area (Å²) in [4.78, 5) is 25.6. The fourth-order valence-electron chi connectivity index (χ4n) is 3.37. The highest BCUT2D eigenvalue weighted by molar-refractivity contribution is 7.98. The molecule has 0 saturated carbocycles. The molecule has 2 N–H and O–H groups in total. The Morgan fingerprint density at radius 2 is 1.97 bits per heavy atom. The van der Waals surface area contributed by atoms with E-state index in [0.29, 0.717) is 12.1 Å². The molecule has 1 aliphatic heterocycles. The molecule has 29 heavy (non-hydrogen) atoms. The summed E-state index contributed by atoms with van der Waals surface area (Å²) in [6, 6.07) is 7.83. The molecule has 1 aliphatic rings. The highest BCUT2D eigenvalue weighted by atomic mass is 32.2. The third-order valence-electron chi connectivity index (χ3n) is 5.22. The van der Waals surface area contributed by atoms with Crippen LogP contribution in [0.2, 0.25) is 0 Å². The van der Waals surface area contributed by atoms with Crippen LogP contribution in [-0.4, -0.2) is 56.1 Å². The van der Waals surface area contributed by atoms with Gasteiger partial charge in [-0.05, 0) is 44.4 Å². The molecule has 0 spiro atoms. The van der Waals surface area contributed by atoms with Crippen molar-refractivity contribution in [2.45, 2.75) is 37.6 Å². The van der Waals surface area contributed by atoms with Gasteiger partial charge in [0.25, 0.3) is 5.91 Å². The van der Waals surface area contributed by atoms with Gasteiger partial charge >= 0.3 is 0 Å². The van der Waals surface area contributed by atoms with E-state index in [9.17, 15) is 4.79 Å². The molecule has 0 atom stereocenters. The quantitative estimate of drug-likeness (QED) is 0.510. The van der Waals surface area contributed by atoms with Crippen molar-refractivity contribution in [3.63, 3.8) is 0 Å². The number of hydrogen-bond acceptors (Lipinski definition) is 5. The molecule has 3 rings (SSSR count). The first-order valence-electron chi connectivity index (χ1n) is 10.3. The fourth-order valence-corrected chi connectivity index (χ4v) is 4.20. The van der Waals surface area contributed by atoms with Crippen molar-refractivity contribution in [2.75, 3.05) is 45.2 Å². The predicted octanol–water partition coefficient (Wildman–Crippen LogP) is 1.86. The number of carbonyl (C=O) groups excluding carboxylic acids is 1. The SMILES string of the molecule is Cc1nc(SCc2cccc(C(=O)NCC[NH+](C)C)c2)nc(N2CCCC2)c1C. The number of amides is 1. The number of hydrogen-bond donors (Lipinski definition) is 2. The second kappa shape index (κ2) is 10.1. The molecular weight excluding hydrogens is 382 g/mol. The molecule has 7 heteroatoms. The van der Waals surface area contributed by atoms with E-state index in [1.807, 2.05) is 18.2 Å². The molecule has 156 valence electrons. The molecule has 6 nitrogen and oxygen atoms in total. The largest absolute Gasteiger partial charge is 0.356 e. The van der Waals surface area contributed by atoms with Gasteiger partial charge in [0.15, 0.2) is 5.16 Å². The lowest BCUT2D eigenvalue weighted by atomic mass is 10.1. The molecule has 1 fully saturated rings. The molecule has 1 aromatic carbocycles. The third-order valence-corrected chi connectivity index (χ3v) is 6.13. The van der Waals surface area contributed by atoms with Crippen LogP contribution < -0.4 is 15.1 Å². The number of nitrogens with one attached hydrogen (secondary N) is 2. The van der Waals surface area contributed by atoms with E-state index in [0.717, 1.165) is 47.6 Å². The lowest BCUT2D eigenvalue weighted by Gasteiger charge is -2.20. The van der Waals surface area contributed by atoms with E-state index in [2.05, 4.69) is 49.2 Å². The van der Waals surface area contributed by atoms with Crippen molar-refractivity contribution in [1.82, 2.24) is 15.3 Å². The maximum absolute atomic E-state index is 12.4. The normalized spacial score (nSPS) is 13.9. The Labute approximate surface area is 178 Å². The monoisotopic (exact) mass is 414 g/mol. The van der Waals surface area contributed by atoms with Gasteiger partial charge in [-0.3, -0.25) is 4.79 Å². The van der Waals surface area contributed by atoms with Gasteiger partial charge in [0.1, 0.15) is 5.82 Å². The van der Waals surface area contributed by atoms with E-state index >= 15 is 0 Å². The number of benzene rings is 1. The number of thioether (sulfide) groups is 1. The molecule has 1 saturated heterocycles. The summed E-state index contributed by atoms with van der Waals surface area (Å²) in [5, 5.41) is 3.79. The first-order chi connectivity index (χ1) is 13.9. The van der Waals surface area contributed by atoms with Crippen LogP contribution in [0.5, 0.6) is 0 Å². The van der Waals surface area contributed by atoms with Crippen molar-refractivity contribution in [3.05, 3.63) is 46.6 Å². The van der Waals surface area contributed by atoms with Gasteiger partial charge in [0.2, 0.25) is 0 Å². The standard InChI is InChI=1S/C22H31N5OS/c1-16-17(2)24-22(25-20(16)27-11-5-6-12-27)29-15-18-8-7-9-19(14-18)21(28)23-10-13-26(3)4/h7-9,14H,5-6,10-13,15H2,1-4H3,(H,23,28)/p+1. The van der Waals surface area contributed by atoms with Gasteiger partial charge in [-0.2, -0.15) is 0 Å². The fraction of sp³-hybridized carbons (Fsp3) is 0.500. The molecule has 0 unspecified atom stereocenters. The summed E-state index contributed by atoms with van der Waals surface area (Å²) in [6.45, 7) is 7.90. The third kappa shape index (κ3) is 5.93. The predicted molar refractivity (Wildman–Crippen MR) is 119 cm³/mol. The minimum absolute atomic E-state index is 0.0168. The van der Waals surface area contributed by atoms with Crippen molar-refractivity contribution in [2.24, 2.45) is 0 Å². The van der Waals surface area contributed by atoms with Crippen LogP contribution in [0.1, 0.15) is 40.0 Å². The van der Waals surface area contributed by atoms with E-state index < -0.39 is 0 Å². The zero-order chi connectivity index (χ0) is 20.8. The number of rotatable bonds is 8. The maximum Gasteiger partial charge on any atom is 0.251 e. The molecular formula is C22H32N5OS+. The summed E-state index contributed by atoms with van der Waals surface area (Å²) in [7, 11) is 4.15. The second-order valence-electron chi connectivity index (χ2n) is 7.94. The number of quaternary nitrogens is 1. The molecule has 2 heterocycles. The minimum atomic E-state index is -0.0168. The summed E-state index contributed by atoms with van der Waals surface area (Å²) in [6.07, 6.45) is 2.46. The number of aryl methyl sites for hydroxylation is 1. The van der Waals surface area contributed by atoms with Gasteiger partial charge in [0.05, 0.1) is 27.2 Å². The highest BCUT2D eigenvalue weighted by Crippen LogP contribution is 2.28. The summed E-state index contributed by atoms with van der Waals surface area (Å²) < 4.78 is 0. The van der Waals surface area contributed by atoms with Crippen LogP contribution in [0.3, 0.4) is 0 Å². The Kier molecular flexibility index (Phi) is 7.50. The van der Waals surface area contributed by atoms with E-state index in [-0.39, 0.29) is 5.91 Å². The summed E-state index contributed by atoms with van der Waals surface area (Å²) in [5.74, 6) is 1.80. The van der Waals surface area contributed by atoms with Crippen molar-refractivity contribution < 1.29 is 9.69 Å². The Morgan fingerprint density at radius 1 is 1.21 bits per heavy atom. The van der Waals surface area contributed by atoms with Crippen LogP contribution >= 0.6 is 11.8 Å². The minimum Gasteiger partial charge on any atom is -0.356 e. The van der Waals surface area contributed by atoms with E-state index in [1.54, 1.807) is 11.8 Å². The van der Waals surface area contributed by atoms with E-state index in [4.69, 9.17) is 4.98 Å². The smallest absolute Gasteiger partial charge is 0.251 e. The number of aromatic nitrogens is 2. The zero-order valence-electron chi connectivity index (χ0n) is 17.9. The Bertz CT molecular complexity index is 849. The van der Waals surface area contributed by atoms with Crippen LogP contribution in [0.25, 0.3) is 0 Å². The Hall–Kier alpha value is -2.12. The van der Waals surface area contributed by atoms with E-state index in [1.165, 1.54) is 23.3 Å². The average molecular weight is 415 g/mol. The topological polar surface area (TPSA) is 62.6 Å². The van der Waals surface area contributed by atoms with Crippen LogP contribution in [0, 0.1) is 13.8 Å². The number of nitrogens with zero attached hydrogens (tertiary/aromatic N) is 3. The number of likely N-dealkylation sites (N-methyl/N-ethyl adjacent to an activating group) is 1. The van der Waals surface area contributed by atoms with Gasteiger partial charge in [-0.25, -0.2) is 9.97 Å². The lowest BCUT2D eigenvalue weighted by molar-refractivity contribution is -0.856. The van der Waals surface area contributed by atoms with Gasteiger partial charge in [-0.15, -0.1) is 0 Å². The molecule has 0 aliphatic carbocycles. The molecule has 1 aromatic heterocycles. The number of carbonyl (C=O) groups is 1. The molecule has 0 radical (unpaired) electrons. The Morgan fingerprint density at radius 3 is 2.69 bits per heavy atom. The van der Waals surface area contributed by atoms with Gasteiger partial charge in [-0.1, -0.05) is 23.9 Å². The van der Waals surface area contributed by atoms with Crippen molar-refractivity contribution in [3.8, 4) is 0 Å². The van der Waals surface area contributed by atoms with Crippen LogP contribution in [-0.2, 0) is 5.75 Å².